The Balaban J connectivity index is 4.72. The highest BCUT2D eigenvalue weighted by molar-refractivity contribution is 6.43. The Hall–Kier alpha value is -1.72. The fourth-order valence-corrected chi connectivity index (χ4v) is 1.01. The summed E-state index contributed by atoms with van der Waals surface area (Å²) in [6, 6.07) is 0. The number of hydrogen-bond donors (Lipinski definition) is 0. The zero-order valence-corrected chi connectivity index (χ0v) is 9.77. The molecule has 0 aromatic rings. The highest BCUT2D eigenvalue weighted by Gasteiger charge is 2.28. The van der Waals surface area contributed by atoms with Gasteiger partial charge in [0.2, 0.25) is 0 Å². The van der Waals surface area contributed by atoms with Gasteiger partial charge in [-0.05, 0) is 0 Å². The monoisotopic (exact) mass is 229 g/mol. The van der Waals surface area contributed by atoms with Gasteiger partial charge < -0.3 is 9.57 Å². The van der Waals surface area contributed by atoms with E-state index < -0.39 is 23.6 Å². The maximum atomic E-state index is 11.6. The van der Waals surface area contributed by atoms with Gasteiger partial charge in [-0.2, -0.15) is 0 Å². The van der Waals surface area contributed by atoms with E-state index in [0.29, 0.717) is 0 Å². The molecule has 0 radical (unpaired) electrons. The molecular weight excluding hydrogens is 214 g/mol. The fraction of sp³-hybridized carbons (Fsp3) is 0.600. The van der Waals surface area contributed by atoms with Crippen molar-refractivity contribution in [2.75, 3.05) is 7.11 Å². The Labute approximate surface area is 93.6 Å². The lowest BCUT2D eigenvalue weighted by atomic mass is 9.86. The van der Waals surface area contributed by atoms with E-state index in [1.165, 1.54) is 7.11 Å². The van der Waals surface area contributed by atoms with E-state index in [1.54, 1.807) is 20.8 Å². The minimum atomic E-state index is -0.909. The van der Waals surface area contributed by atoms with Gasteiger partial charge in [-0.3, -0.25) is 14.4 Å². The predicted molar refractivity (Wildman–Crippen MR) is 55.7 cm³/mol. The lowest BCUT2D eigenvalue weighted by Crippen LogP contribution is -2.31. The van der Waals surface area contributed by atoms with Crippen LogP contribution in [-0.2, 0) is 24.0 Å². The van der Waals surface area contributed by atoms with E-state index in [2.05, 4.69) is 14.7 Å². The molecule has 0 rings (SSSR count). The lowest BCUT2D eigenvalue weighted by molar-refractivity contribution is -0.151. The van der Waals surface area contributed by atoms with Gasteiger partial charge >= 0.3 is 12.4 Å². The van der Waals surface area contributed by atoms with Crippen molar-refractivity contribution in [1.82, 2.24) is 0 Å². The highest BCUT2D eigenvalue weighted by atomic mass is 16.6. The van der Waals surface area contributed by atoms with Crippen LogP contribution in [0.5, 0.6) is 0 Å². The van der Waals surface area contributed by atoms with Crippen molar-refractivity contribution in [2.24, 2.45) is 10.6 Å². The Kier molecular flexibility index (Phi) is 5.35. The van der Waals surface area contributed by atoms with Crippen molar-refractivity contribution in [2.45, 2.75) is 27.2 Å². The summed E-state index contributed by atoms with van der Waals surface area (Å²) in [5.74, 6) is -1.44. The number of ketones is 1. The minimum Gasteiger partial charge on any atom is -0.399 e. The number of Topliss-reactive ketones (excluding diaryl/α,β-unsaturated/α-hetero) is 1. The second-order valence-electron chi connectivity index (χ2n) is 4.06. The molecule has 0 aliphatic carbocycles. The topological polar surface area (TPSA) is 82.0 Å². The first kappa shape index (κ1) is 14.3. The smallest absolute Gasteiger partial charge is 0.321 e. The van der Waals surface area contributed by atoms with Crippen molar-refractivity contribution in [3.8, 4) is 0 Å². The van der Waals surface area contributed by atoms with Gasteiger partial charge in [0.25, 0.3) is 0 Å². The number of rotatable bonds is 5. The van der Waals surface area contributed by atoms with E-state index >= 15 is 0 Å². The number of carbonyl (C=O) groups excluding carboxylic acids is 3. The van der Waals surface area contributed by atoms with E-state index in [0.717, 1.165) is 0 Å². The van der Waals surface area contributed by atoms with Crippen LogP contribution < -0.4 is 0 Å². The summed E-state index contributed by atoms with van der Waals surface area (Å²) < 4.78 is 4.02. The van der Waals surface area contributed by atoms with Crippen molar-refractivity contribution < 1.29 is 24.0 Å². The normalized spacial score (nSPS) is 11.9. The molecule has 6 heteroatoms. The van der Waals surface area contributed by atoms with Crippen LogP contribution in [0.1, 0.15) is 27.2 Å². The van der Waals surface area contributed by atoms with Crippen LogP contribution in [0.25, 0.3) is 0 Å². The molecule has 0 saturated carbocycles. The van der Waals surface area contributed by atoms with Crippen molar-refractivity contribution >= 4 is 23.9 Å². The molecule has 0 spiro atoms. The molecule has 90 valence electrons. The summed E-state index contributed by atoms with van der Waals surface area (Å²) in [5, 5.41) is 3.58. The third kappa shape index (κ3) is 4.68. The molecule has 0 saturated heterocycles. The molecule has 0 unspecified atom stereocenters. The average Bonchev–Trinajstić information content (AvgIpc) is 2.12. The van der Waals surface area contributed by atoms with E-state index in [1.807, 2.05) is 0 Å². The second kappa shape index (κ2) is 5.99. The van der Waals surface area contributed by atoms with Gasteiger partial charge in [-0.25, -0.2) is 0 Å². The minimum absolute atomic E-state index is 0.0140. The fourth-order valence-electron chi connectivity index (χ4n) is 1.01. The van der Waals surface area contributed by atoms with Crippen LogP contribution in [0.2, 0.25) is 0 Å². The maximum Gasteiger partial charge on any atom is 0.321 e. The Morgan fingerprint density at radius 1 is 1.31 bits per heavy atom. The summed E-state index contributed by atoms with van der Waals surface area (Å²) in [4.78, 5) is 37.0. The first-order chi connectivity index (χ1) is 7.32. The first-order valence-corrected chi connectivity index (χ1v) is 4.61. The van der Waals surface area contributed by atoms with E-state index in [9.17, 15) is 14.4 Å². The highest BCUT2D eigenvalue weighted by Crippen LogP contribution is 2.18. The van der Waals surface area contributed by atoms with Crippen molar-refractivity contribution in [3.05, 3.63) is 0 Å². The lowest BCUT2D eigenvalue weighted by Gasteiger charge is -2.18. The Bertz CT molecular complexity index is 314. The molecule has 0 aliphatic rings. The van der Waals surface area contributed by atoms with Crippen LogP contribution >= 0.6 is 0 Å². The van der Waals surface area contributed by atoms with Crippen LogP contribution in [0.15, 0.2) is 5.16 Å². The SMILES string of the molecule is CON=C(C(=O)CC(=O)OC=O)C(C)(C)C. The molecule has 0 fully saturated rings. The number of hydrogen-bond acceptors (Lipinski definition) is 6. The summed E-state index contributed by atoms with van der Waals surface area (Å²) in [7, 11) is 1.31. The van der Waals surface area contributed by atoms with Gasteiger partial charge in [-0.15, -0.1) is 0 Å². The molecule has 0 aromatic heterocycles. The number of ether oxygens (including phenoxy) is 1. The zero-order valence-electron chi connectivity index (χ0n) is 9.77. The molecule has 0 atom stereocenters. The predicted octanol–water partition coefficient (Wildman–Crippen LogP) is 0.694. The zero-order chi connectivity index (χ0) is 12.8. The third-order valence-corrected chi connectivity index (χ3v) is 1.64. The van der Waals surface area contributed by atoms with Crippen molar-refractivity contribution in [3.63, 3.8) is 0 Å². The van der Waals surface area contributed by atoms with E-state index in [-0.39, 0.29) is 12.2 Å². The van der Waals surface area contributed by atoms with E-state index in [4.69, 9.17) is 0 Å². The molecular formula is C10H15NO5. The summed E-state index contributed by atoms with van der Waals surface area (Å²) in [6.07, 6.45) is -0.530. The molecule has 0 aliphatic heterocycles. The Morgan fingerprint density at radius 2 is 1.88 bits per heavy atom. The molecule has 0 amide bonds. The van der Waals surface area contributed by atoms with Crippen LogP contribution in [0.3, 0.4) is 0 Å². The number of oxime groups is 1. The van der Waals surface area contributed by atoms with Gasteiger partial charge in [0.15, 0.2) is 5.78 Å². The Morgan fingerprint density at radius 3 is 2.25 bits per heavy atom. The van der Waals surface area contributed by atoms with Gasteiger partial charge in [0.1, 0.15) is 19.2 Å². The van der Waals surface area contributed by atoms with Gasteiger partial charge in [-0.1, -0.05) is 25.9 Å². The van der Waals surface area contributed by atoms with Crippen LogP contribution in [-0.4, -0.2) is 31.0 Å². The molecule has 0 bridgehead atoms. The standard InChI is InChI=1S/C10H15NO5/c1-10(2,3)9(11-15-4)7(13)5-8(14)16-6-12/h6H,5H2,1-4H3. The number of esters is 1. The van der Waals surface area contributed by atoms with Crippen molar-refractivity contribution in [1.29, 1.82) is 0 Å². The molecule has 0 heterocycles. The molecule has 16 heavy (non-hydrogen) atoms. The summed E-state index contributed by atoms with van der Waals surface area (Å²) in [5.41, 5.74) is -0.424. The molecule has 0 N–H and O–H groups in total. The summed E-state index contributed by atoms with van der Waals surface area (Å²) >= 11 is 0. The molecule has 0 aromatic carbocycles. The third-order valence-electron chi connectivity index (χ3n) is 1.64. The van der Waals surface area contributed by atoms with Gasteiger partial charge in [0, 0.05) is 5.41 Å². The number of nitrogens with zero attached hydrogens (tertiary/aromatic N) is 1. The number of carbonyl (C=O) groups is 3. The quantitative estimate of drug-likeness (QED) is 0.228. The molecule has 6 nitrogen and oxygen atoms in total. The first-order valence-electron chi connectivity index (χ1n) is 4.61. The maximum absolute atomic E-state index is 11.6. The van der Waals surface area contributed by atoms with Crippen LogP contribution in [0.4, 0.5) is 0 Å². The largest absolute Gasteiger partial charge is 0.399 e. The van der Waals surface area contributed by atoms with Crippen LogP contribution in [0, 0.1) is 5.41 Å². The second-order valence-corrected chi connectivity index (χ2v) is 4.06. The average molecular weight is 229 g/mol. The van der Waals surface area contributed by atoms with Gasteiger partial charge in [0.05, 0.1) is 0 Å². The summed E-state index contributed by atoms with van der Waals surface area (Å²) in [6.45, 7) is 5.26.